The van der Waals surface area contributed by atoms with Crippen molar-refractivity contribution in [2.75, 3.05) is 6.26 Å². The highest BCUT2D eigenvalue weighted by atomic mass is 32.2. The van der Waals surface area contributed by atoms with Gasteiger partial charge in [0.15, 0.2) is 9.84 Å². The molecule has 1 unspecified atom stereocenters. The second-order valence-corrected chi connectivity index (χ2v) is 7.62. The predicted molar refractivity (Wildman–Crippen MR) is 90.1 cm³/mol. The number of aliphatic carboxylic acids is 1. The second kappa shape index (κ2) is 6.96. The SMILES string of the molecule is CCC(Cc1ccccc1-c1ccc(S(C)(=O)=O)cc1)C(=O)O. The number of hydrogen-bond acceptors (Lipinski definition) is 3. The summed E-state index contributed by atoms with van der Waals surface area (Å²) < 4.78 is 23.1. The van der Waals surface area contributed by atoms with Crippen molar-refractivity contribution in [3.63, 3.8) is 0 Å². The molecule has 0 fully saturated rings. The van der Waals surface area contributed by atoms with E-state index in [2.05, 4.69) is 0 Å². The van der Waals surface area contributed by atoms with Crippen molar-refractivity contribution in [2.24, 2.45) is 5.92 Å². The summed E-state index contributed by atoms with van der Waals surface area (Å²) in [6.45, 7) is 1.86. The zero-order valence-corrected chi connectivity index (χ0v) is 14.0. The van der Waals surface area contributed by atoms with Crippen LogP contribution in [0.15, 0.2) is 53.4 Å². The first-order chi connectivity index (χ1) is 10.8. The summed E-state index contributed by atoms with van der Waals surface area (Å²) in [4.78, 5) is 11.5. The van der Waals surface area contributed by atoms with Gasteiger partial charge in [-0.2, -0.15) is 0 Å². The molecule has 0 saturated heterocycles. The molecule has 1 atom stereocenters. The van der Waals surface area contributed by atoms with Crippen molar-refractivity contribution in [1.82, 2.24) is 0 Å². The lowest BCUT2D eigenvalue weighted by Crippen LogP contribution is -2.15. The lowest BCUT2D eigenvalue weighted by Gasteiger charge is -2.14. The number of hydrogen-bond donors (Lipinski definition) is 1. The molecule has 0 aliphatic rings. The maximum Gasteiger partial charge on any atom is 0.306 e. The highest BCUT2D eigenvalue weighted by Gasteiger charge is 2.17. The molecule has 0 amide bonds. The Morgan fingerprint density at radius 3 is 2.22 bits per heavy atom. The fourth-order valence-electron chi connectivity index (χ4n) is 2.53. The minimum absolute atomic E-state index is 0.274. The first kappa shape index (κ1) is 17.2. The number of carbonyl (C=O) groups is 1. The van der Waals surface area contributed by atoms with E-state index in [4.69, 9.17) is 0 Å². The summed E-state index contributed by atoms with van der Waals surface area (Å²) >= 11 is 0. The third-order valence-corrected chi connectivity index (χ3v) is 5.05. The van der Waals surface area contributed by atoms with Gasteiger partial charge in [-0.15, -0.1) is 0 Å². The van der Waals surface area contributed by atoms with E-state index in [0.29, 0.717) is 12.8 Å². The maximum absolute atomic E-state index is 11.5. The van der Waals surface area contributed by atoms with Crippen LogP contribution in [0.25, 0.3) is 11.1 Å². The summed E-state index contributed by atoms with van der Waals surface area (Å²) in [7, 11) is -3.22. The highest BCUT2D eigenvalue weighted by molar-refractivity contribution is 7.90. The molecular formula is C18H20O4S. The van der Waals surface area contributed by atoms with Crippen LogP contribution in [0.2, 0.25) is 0 Å². The zero-order valence-electron chi connectivity index (χ0n) is 13.2. The fraction of sp³-hybridized carbons (Fsp3) is 0.278. The molecule has 0 aliphatic heterocycles. The van der Waals surface area contributed by atoms with Gasteiger partial charge in [-0.05, 0) is 41.7 Å². The van der Waals surface area contributed by atoms with Crippen LogP contribution in [0.5, 0.6) is 0 Å². The molecule has 23 heavy (non-hydrogen) atoms. The van der Waals surface area contributed by atoms with Crippen LogP contribution in [0, 0.1) is 5.92 Å². The molecule has 4 nitrogen and oxygen atoms in total. The molecule has 2 aromatic rings. The van der Waals surface area contributed by atoms with Gasteiger partial charge in [-0.3, -0.25) is 4.79 Å². The Balaban J connectivity index is 2.39. The Bertz CT molecular complexity index is 792. The minimum Gasteiger partial charge on any atom is -0.481 e. The van der Waals surface area contributed by atoms with Gasteiger partial charge in [0.2, 0.25) is 0 Å². The third-order valence-electron chi connectivity index (χ3n) is 3.92. The zero-order chi connectivity index (χ0) is 17.0. The largest absolute Gasteiger partial charge is 0.481 e. The molecule has 0 aromatic heterocycles. The first-order valence-electron chi connectivity index (χ1n) is 7.44. The van der Waals surface area contributed by atoms with Crippen LogP contribution >= 0.6 is 0 Å². The van der Waals surface area contributed by atoms with Crippen LogP contribution in [-0.2, 0) is 21.1 Å². The molecular weight excluding hydrogens is 312 g/mol. The predicted octanol–water partition coefficient (Wildman–Crippen LogP) is 3.41. The van der Waals surface area contributed by atoms with Crippen molar-refractivity contribution < 1.29 is 18.3 Å². The van der Waals surface area contributed by atoms with E-state index in [9.17, 15) is 18.3 Å². The Labute approximate surface area is 136 Å². The van der Waals surface area contributed by atoms with Gasteiger partial charge in [0, 0.05) is 6.26 Å². The Kier molecular flexibility index (Phi) is 5.21. The van der Waals surface area contributed by atoms with Gasteiger partial charge >= 0.3 is 5.97 Å². The molecule has 0 saturated carbocycles. The molecule has 1 N–H and O–H groups in total. The maximum atomic E-state index is 11.5. The lowest BCUT2D eigenvalue weighted by atomic mass is 9.91. The Hall–Kier alpha value is -2.14. The molecule has 2 aromatic carbocycles. The molecule has 122 valence electrons. The van der Waals surface area contributed by atoms with E-state index in [-0.39, 0.29) is 4.90 Å². The molecule has 0 bridgehead atoms. The summed E-state index contributed by atoms with van der Waals surface area (Å²) in [5.74, 6) is -1.22. The monoisotopic (exact) mass is 332 g/mol. The average molecular weight is 332 g/mol. The van der Waals surface area contributed by atoms with Crippen molar-refractivity contribution in [3.05, 3.63) is 54.1 Å². The summed E-state index contributed by atoms with van der Waals surface area (Å²) in [5, 5.41) is 9.26. The topological polar surface area (TPSA) is 71.4 Å². The smallest absolute Gasteiger partial charge is 0.306 e. The number of rotatable bonds is 6. The van der Waals surface area contributed by atoms with Crippen LogP contribution in [-0.4, -0.2) is 25.7 Å². The number of sulfone groups is 1. The van der Waals surface area contributed by atoms with Gasteiger partial charge in [-0.25, -0.2) is 8.42 Å². The number of benzene rings is 2. The molecule has 0 aliphatic carbocycles. The Morgan fingerprint density at radius 1 is 1.09 bits per heavy atom. The van der Waals surface area contributed by atoms with Crippen molar-refractivity contribution >= 4 is 15.8 Å². The fourth-order valence-corrected chi connectivity index (χ4v) is 3.16. The van der Waals surface area contributed by atoms with Gasteiger partial charge in [-0.1, -0.05) is 43.3 Å². The number of carboxylic acids is 1. The average Bonchev–Trinajstić information content (AvgIpc) is 2.52. The van der Waals surface area contributed by atoms with Crippen LogP contribution < -0.4 is 0 Å². The van der Waals surface area contributed by atoms with E-state index in [1.165, 1.54) is 6.26 Å². The number of carboxylic acid groups (broad SMARTS) is 1. The normalized spacial score (nSPS) is 12.8. The van der Waals surface area contributed by atoms with E-state index in [0.717, 1.165) is 16.7 Å². The summed E-state index contributed by atoms with van der Waals surface area (Å²) in [6.07, 6.45) is 2.20. The van der Waals surface area contributed by atoms with Crippen LogP contribution in [0.3, 0.4) is 0 Å². The van der Waals surface area contributed by atoms with Crippen molar-refractivity contribution in [3.8, 4) is 11.1 Å². The Morgan fingerprint density at radius 2 is 1.70 bits per heavy atom. The van der Waals surface area contributed by atoms with Crippen LogP contribution in [0.1, 0.15) is 18.9 Å². The van der Waals surface area contributed by atoms with E-state index >= 15 is 0 Å². The van der Waals surface area contributed by atoms with Crippen molar-refractivity contribution in [1.29, 1.82) is 0 Å². The van der Waals surface area contributed by atoms with Gasteiger partial charge in [0.05, 0.1) is 10.8 Å². The second-order valence-electron chi connectivity index (χ2n) is 5.60. The first-order valence-corrected chi connectivity index (χ1v) is 9.33. The van der Waals surface area contributed by atoms with E-state index < -0.39 is 21.7 Å². The minimum atomic E-state index is -3.22. The molecule has 0 radical (unpaired) electrons. The van der Waals surface area contributed by atoms with Gasteiger partial charge in [0.25, 0.3) is 0 Å². The van der Waals surface area contributed by atoms with Gasteiger partial charge in [0.1, 0.15) is 0 Å². The molecule has 5 heteroatoms. The lowest BCUT2D eigenvalue weighted by molar-refractivity contribution is -0.141. The molecule has 2 rings (SSSR count). The van der Waals surface area contributed by atoms with Crippen LogP contribution in [0.4, 0.5) is 0 Å². The standard InChI is InChI=1S/C18H20O4S/c1-3-13(18(19)20)12-15-6-4-5-7-17(15)14-8-10-16(11-9-14)23(2,21)22/h4-11,13H,3,12H2,1-2H3,(H,19,20). The van der Waals surface area contributed by atoms with E-state index in [1.807, 2.05) is 31.2 Å². The van der Waals surface area contributed by atoms with Gasteiger partial charge < -0.3 is 5.11 Å². The third kappa shape index (κ3) is 4.20. The molecule has 0 heterocycles. The van der Waals surface area contributed by atoms with Crippen molar-refractivity contribution in [2.45, 2.75) is 24.7 Å². The quantitative estimate of drug-likeness (QED) is 0.880. The highest BCUT2D eigenvalue weighted by Crippen LogP contribution is 2.27. The van der Waals surface area contributed by atoms with E-state index in [1.54, 1.807) is 24.3 Å². The summed E-state index contributed by atoms with van der Waals surface area (Å²) in [5.41, 5.74) is 2.77. The summed E-state index contributed by atoms with van der Waals surface area (Å²) in [6, 6.07) is 14.3. The molecule has 0 spiro atoms.